The second-order valence-electron chi connectivity index (χ2n) is 6.27. The fraction of sp³-hybridized carbons (Fsp3) is 0.200. The van der Waals surface area contributed by atoms with Crippen molar-refractivity contribution in [1.29, 1.82) is 0 Å². The van der Waals surface area contributed by atoms with E-state index in [9.17, 15) is 14.0 Å². The molecule has 1 aromatic heterocycles. The molecule has 2 amide bonds. The van der Waals surface area contributed by atoms with Crippen LogP contribution in [0.15, 0.2) is 54.6 Å². The van der Waals surface area contributed by atoms with E-state index in [0.717, 1.165) is 24.2 Å². The van der Waals surface area contributed by atoms with Crippen LogP contribution in [0.4, 0.5) is 10.1 Å². The number of carbonyl (C=O) groups is 2. The molecule has 8 heteroatoms. The zero-order valence-electron chi connectivity index (χ0n) is 15.2. The van der Waals surface area contributed by atoms with Gasteiger partial charge < -0.3 is 10.6 Å². The minimum atomic E-state index is -0.500. The number of nitrogens with one attached hydrogen (secondary N) is 2. The lowest BCUT2D eigenvalue weighted by Crippen LogP contribution is -2.32. The van der Waals surface area contributed by atoms with E-state index < -0.39 is 11.7 Å². The molecule has 0 aliphatic rings. The molecule has 0 aliphatic carbocycles. The Kier molecular flexibility index (Phi) is 6.44. The molecule has 0 radical (unpaired) electrons. The predicted octanol–water partition coefficient (Wildman–Crippen LogP) is 3.68. The van der Waals surface area contributed by atoms with Gasteiger partial charge >= 0.3 is 0 Å². The molecule has 6 nitrogen and oxygen atoms in total. The number of aryl methyl sites for hydroxylation is 1. The highest BCUT2D eigenvalue weighted by Gasteiger charge is 2.19. The number of nitrogens with zero attached hydrogens (tertiary/aromatic N) is 2. The third kappa shape index (κ3) is 5.43. The van der Waals surface area contributed by atoms with Gasteiger partial charge in [0.25, 0.3) is 11.8 Å². The van der Waals surface area contributed by atoms with Gasteiger partial charge in [-0.2, -0.15) is 0 Å². The molecule has 0 aliphatic heterocycles. The quantitative estimate of drug-likeness (QED) is 0.636. The van der Waals surface area contributed by atoms with E-state index in [2.05, 4.69) is 20.8 Å². The molecule has 1 heterocycles. The standard InChI is InChI=1S/C20H19FN4O2S/c1-13(7-8-14-5-3-2-4-6-14)22-17(26)19-24-25-20(28-19)18(27)23-16-11-9-15(21)10-12-16/h2-6,9-13H,7-8H2,1H3,(H,22,26)(H,23,27). The van der Waals surface area contributed by atoms with Gasteiger partial charge in [0.05, 0.1) is 0 Å². The van der Waals surface area contributed by atoms with Crippen LogP contribution in [0.3, 0.4) is 0 Å². The Hall–Kier alpha value is -3.13. The molecule has 2 aromatic carbocycles. The Labute approximate surface area is 165 Å². The third-order valence-electron chi connectivity index (χ3n) is 4.00. The normalized spacial score (nSPS) is 11.6. The summed E-state index contributed by atoms with van der Waals surface area (Å²) in [5.41, 5.74) is 1.64. The average molecular weight is 398 g/mol. The van der Waals surface area contributed by atoms with Crippen LogP contribution < -0.4 is 10.6 Å². The van der Waals surface area contributed by atoms with E-state index >= 15 is 0 Å². The largest absolute Gasteiger partial charge is 0.347 e. The zero-order valence-corrected chi connectivity index (χ0v) is 16.0. The van der Waals surface area contributed by atoms with Crippen LogP contribution in [-0.4, -0.2) is 28.1 Å². The predicted molar refractivity (Wildman–Crippen MR) is 106 cm³/mol. The van der Waals surface area contributed by atoms with Crippen molar-refractivity contribution in [2.24, 2.45) is 0 Å². The number of hydrogen-bond donors (Lipinski definition) is 2. The minimum absolute atomic E-state index is 0.0481. The van der Waals surface area contributed by atoms with E-state index in [1.807, 2.05) is 37.3 Å². The first kappa shape index (κ1) is 19.6. The molecular weight excluding hydrogens is 379 g/mol. The molecule has 2 N–H and O–H groups in total. The van der Waals surface area contributed by atoms with Crippen LogP contribution in [0, 0.1) is 5.82 Å². The zero-order chi connectivity index (χ0) is 19.9. The maximum absolute atomic E-state index is 12.9. The Morgan fingerprint density at radius 2 is 1.64 bits per heavy atom. The smallest absolute Gasteiger partial charge is 0.286 e. The summed E-state index contributed by atoms with van der Waals surface area (Å²) in [6, 6.07) is 15.3. The highest BCUT2D eigenvalue weighted by Crippen LogP contribution is 2.14. The summed E-state index contributed by atoms with van der Waals surface area (Å²) in [5, 5.41) is 13.2. The van der Waals surface area contributed by atoms with Crippen molar-refractivity contribution in [2.45, 2.75) is 25.8 Å². The number of aromatic nitrogens is 2. The topological polar surface area (TPSA) is 84.0 Å². The molecule has 144 valence electrons. The van der Waals surface area contributed by atoms with Crippen molar-refractivity contribution in [2.75, 3.05) is 5.32 Å². The van der Waals surface area contributed by atoms with Gasteiger partial charge in [0, 0.05) is 11.7 Å². The molecule has 1 atom stereocenters. The van der Waals surface area contributed by atoms with Crippen molar-refractivity contribution < 1.29 is 14.0 Å². The first-order valence-electron chi connectivity index (χ1n) is 8.76. The molecule has 28 heavy (non-hydrogen) atoms. The maximum atomic E-state index is 12.9. The number of halogens is 1. The fourth-order valence-corrected chi connectivity index (χ4v) is 3.15. The number of hydrogen-bond acceptors (Lipinski definition) is 5. The summed E-state index contributed by atoms with van der Waals surface area (Å²) in [6.07, 6.45) is 1.64. The summed E-state index contributed by atoms with van der Waals surface area (Å²) in [4.78, 5) is 24.5. The van der Waals surface area contributed by atoms with Crippen LogP contribution in [0.2, 0.25) is 0 Å². The van der Waals surface area contributed by atoms with Crippen molar-refractivity contribution >= 4 is 28.8 Å². The molecule has 0 fully saturated rings. The first-order valence-corrected chi connectivity index (χ1v) is 9.58. The molecule has 0 spiro atoms. The minimum Gasteiger partial charge on any atom is -0.347 e. The molecule has 0 saturated heterocycles. The van der Waals surface area contributed by atoms with Crippen LogP contribution in [-0.2, 0) is 6.42 Å². The van der Waals surface area contributed by atoms with Gasteiger partial charge in [-0.15, -0.1) is 10.2 Å². The molecular formula is C20H19FN4O2S. The first-order chi connectivity index (χ1) is 13.5. The van der Waals surface area contributed by atoms with Crippen LogP contribution in [0.5, 0.6) is 0 Å². The summed E-state index contributed by atoms with van der Waals surface area (Å²) in [6.45, 7) is 1.92. The number of rotatable bonds is 7. The lowest BCUT2D eigenvalue weighted by atomic mass is 10.1. The SMILES string of the molecule is CC(CCc1ccccc1)NC(=O)c1nnc(C(=O)Nc2ccc(F)cc2)s1. The third-order valence-corrected chi connectivity index (χ3v) is 4.92. The van der Waals surface area contributed by atoms with Gasteiger partial charge in [0.15, 0.2) is 0 Å². The molecule has 3 rings (SSSR count). The maximum Gasteiger partial charge on any atom is 0.286 e. The van der Waals surface area contributed by atoms with Gasteiger partial charge in [-0.3, -0.25) is 9.59 Å². The van der Waals surface area contributed by atoms with Gasteiger partial charge in [-0.05, 0) is 49.6 Å². The average Bonchev–Trinajstić information content (AvgIpc) is 3.19. The molecule has 3 aromatic rings. The van der Waals surface area contributed by atoms with Crippen molar-refractivity contribution in [1.82, 2.24) is 15.5 Å². The second kappa shape index (κ2) is 9.18. The summed E-state index contributed by atoms with van der Waals surface area (Å²) in [5.74, 6) is -1.26. The van der Waals surface area contributed by atoms with E-state index in [-0.39, 0.29) is 22.0 Å². The van der Waals surface area contributed by atoms with Crippen LogP contribution in [0.1, 0.15) is 38.5 Å². The summed E-state index contributed by atoms with van der Waals surface area (Å²) < 4.78 is 12.9. The van der Waals surface area contributed by atoms with E-state index in [1.165, 1.54) is 29.8 Å². The van der Waals surface area contributed by atoms with E-state index in [0.29, 0.717) is 5.69 Å². The number of amides is 2. The molecule has 0 bridgehead atoms. The summed E-state index contributed by atoms with van der Waals surface area (Å²) in [7, 11) is 0. The molecule has 0 saturated carbocycles. The number of carbonyl (C=O) groups excluding carboxylic acids is 2. The summed E-state index contributed by atoms with van der Waals surface area (Å²) >= 11 is 0.908. The van der Waals surface area contributed by atoms with Crippen molar-refractivity contribution in [3.8, 4) is 0 Å². The van der Waals surface area contributed by atoms with E-state index in [1.54, 1.807) is 0 Å². The van der Waals surface area contributed by atoms with Crippen LogP contribution >= 0.6 is 11.3 Å². The highest BCUT2D eigenvalue weighted by molar-refractivity contribution is 7.15. The van der Waals surface area contributed by atoms with Gasteiger partial charge in [0.1, 0.15) is 5.82 Å². The lowest BCUT2D eigenvalue weighted by molar-refractivity contribution is 0.0936. The molecule has 1 unspecified atom stereocenters. The monoisotopic (exact) mass is 398 g/mol. The highest BCUT2D eigenvalue weighted by atomic mass is 32.1. The van der Waals surface area contributed by atoms with Crippen molar-refractivity contribution in [3.05, 3.63) is 76.0 Å². The lowest BCUT2D eigenvalue weighted by Gasteiger charge is -2.12. The second-order valence-corrected chi connectivity index (χ2v) is 7.25. The van der Waals surface area contributed by atoms with Gasteiger partial charge in [0.2, 0.25) is 10.0 Å². The van der Waals surface area contributed by atoms with E-state index in [4.69, 9.17) is 0 Å². The van der Waals surface area contributed by atoms with Crippen LogP contribution in [0.25, 0.3) is 0 Å². The van der Waals surface area contributed by atoms with Crippen molar-refractivity contribution in [3.63, 3.8) is 0 Å². The van der Waals surface area contributed by atoms with Gasteiger partial charge in [-0.25, -0.2) is 4.39 Å². The Morgan fingerprint density at radius 3 is 2.32 bits per heavy atom. The Balaban J connectivity index is 1.52. The fourth-order valence-electron chi connectivity index (χ4n) is 2.51. The van der Waals surface area contributed by atoms with Gasteiger partial charge in [-0.1, -0.05) is 41.7 Å². The Bertz CT molecular complexity index is 944. The number of anilines is 1. The number of benzene rings is 2. The Morgan fingerprint density at radius 1 is 1.00 bits per heavy atom.